The van der Waals surface area contributed by atoms with Crippen molar-refractivity contribution in [3.63, 3.8) is 0 Å². The average molecular weight is 478 g/mol. The third kappa shape index (κ3) is 10.2. The molecule has 0 saturated carbocycles. The predicted molar refractivity (Wildman–Crippen MR) is 120 cm³/mol. The molecule has 0 aliphatic carbocycles. The molecule has 0 atom stereocenters. The Morgan fingerprint density at radius 2 is 1.96 bits per heavy atom. The minimum atomic E-state index is 0. The molecular formula is C19H35IN4O2. The van der Waals surface area contributed by atoms with Crippen molar-refractivity contribution in [2.45, 2.75) is 20.3 Å². The number of rotatable bonds is 11. The maximum absolute atomic E-state index is 5.44. The summed E-state index contributed by atoms with van der Waals surface area (Å²) >= 11 is 0. The highest BCUT2D eigenvalue weighted by Gasteiger charge is 2.04. The van der Waals surface area contributed by atoms with E-state index in [2.05, 4.69) is 53.6 Å². The molecule has 2 N–H and O–H groups in total. The number of aliphatic imine (C=N–C) groups is 1. The number of hydrogen-bond acceptors (Lipinski definition) is 4. The van der Waals surface area contributed by atoms with Crippen molar-refractivity contribution >= 4 is 29.9 Å². The van der Waals surface area contributed by atoms with Gasteiger partial charge < -0.3 is 25.0 Å². The molecule has 0 amide bonds. The highest BCUT2D eigenvalue weighted by atomic mass is 127. The summed E-state index contributed by atoms with van der Waals surface area (Å²) in [5.41, 5.74) is 2.46. The monoisotopic (exact) mass is 478 g/mol. The number of likely N-dealkylation sites (N-methyl/N-ethyl adjacent to an activating group) is 1. The van der Waals surface area contributed by atoms with Crippen molar-refractivity contribution in [3.8, 4) is 5.75 Å². The Labute approximate surface area is 175 Å². The van der Waals surface area contributed by atoms with Gasteiger partial charge in [-0.15, -0.1) is 24.0 Å². The van der Waals surface area contributed by atoms with Crippen molar-refractivity contribution < 1.29 is 9.47 Å². The van der Waals surface area contributed by atoms with E-state index in [4.69, 9.17) is 9.47 Å². The van der Waals surface area contributed by atoms with Crippen molar-refractivity contribution in [3.05, 3.63) is 29.3 Å². The van der Waals surface area contributed by atoms with Crippen LogP contribution in [0.5, 0.6) is 5.75 Å². The lowest BCUT2D eigenvalue weighted by atomic mass is 10.1. The topological polar surface area (TPSA) is 58.1 Å². The lowest BCUT2D eigenvalue weighted by Gasteiger charge is -2.16. The molecule has 1 aromatic carbocycles. The first kappa shape index (κ1) is 24.9. The molecule has 0 saturated heterocycles. The van der Waals surface area contributed by atoms with Crippen LogP contribution < -0.4 is 15.4 Å². The van der Waals surface area contributed by atoms with Gasteiger partial charge in [0.25, 0.3) is 0 Å². The summed E-state index contributed by atoms with van der Waals surface area (Å²) in [6.45, 7) is 9.16. The maximum Gasteiger partial charge on any atom is 0.191 e. The molecule has 6 nitrogen and oxygen atoms in total. The van der Waals surface area contributed by atoms with Crippen molar-refractivity contribution in [1.29, 1.82) is 0 Å². The maximum atomic E-state index is 5.44. The zero-order valence-corrected chi connectivity index (χ0v) is 19.1. The Morgan fingerprint density at radius 1 is 1.19 bits per heavy atom. The number of nitrogens with one attached hydrogen (secondary N) is 2. The van der Waals surface area contributed by atoms with Crippen molar-refractivity contribution in [2.75, 3.05) is 60.6 Å². The quantitative estimate of drug-likeness (QED) is 0.291. The van der Waals surface area contributed by atoms with Gasteiger partial charge in [0.2, 0.25) is 0 Å². The van der Waals surface area contributed by atoms with Crippen LogP contribution >= 0.6 is 24.0 Å². The summed E-state index contributed by atoms with van der Waals surface area (Å²) in [4.78, 5) is 6.85. The van der Waals surface area contributed by atoms with E-state index in [0.717, 1.165) is 57.5 Å². The van der Waals surface area contributed by atoms with Crippen LogP contribution in [0, 0.1) is 6.92 Å². The third-order valence-electron chi connectivity index (χ3n) is 3.90. The fourth-order valence-corrected chi connectivity index (χ4v) is 2.45. The second-order valence-corrected chi connectivity index (χ2v) is 6.05. The smallest absolute Gasteiger partial charge is 0.191 e. The van der Waals surface area contributed by atoms with E-state index in [9.17, 15) is 0 Å². The Kier molecular flexibility index (Phi) is 14.4. The zero-order chi connectivity index (χ0) is 18.5. The molecule has 7 heteroatoms. The lowest BCUT2D eigenvalue weighted by Crippen LogP contribution is -2.39. The van der Waals surface area contributed by atoms with E-state index in [1.54, 1.807) is 14.2 Å². The van der Waals surface area contributed by atoms with E-state index in [0.29, 0.717) is 0 Å². The normalized spacial score (nSPS) is 11.2. The molecule has 150 valence electrons. The van der Waals surface area contributed by atoms with Crippen LogP contribution in [0.15, 0.2) is 23.2 Å². The van der Waals surface area contributed by atoms with Crippen LogP contribution in [0.2, 0.25) is 0 Å². The van der Waals surface area contributed by atoms with Gasteiger partial charge in [0.1, 0.15) is 5.75 Å². The Morgan fingerprint density at radius 3 is 2.62 bits per heavy atom. The van der Waals surface area contributed by atoms with Gasteiger partial charge in [0, 0.05) is 33.3 Å². The molecule has 0 spiro atoms. The second-order valence-electron chi connectivity index (χ2n) is 6.05. The summed E-state index contributed by atoms with van der Waals surface area (Å²) in [5, 5.41) is 6.69. The van der Waals surface area contributed by atoms with Crippen LogP contribution in [-0.2, 0) is 11.2 Å². The minimum absolute atomic E-state index is 0. The number of nitrogens with zero attached hydrogens (tertiary/aromatic N) is 2. The number of methoxy groups -OCH3 is 2. The molecule has 0 radical (unpaired) electrons. The predicted octanol–water partition coefficient (Wildman–Crippen LogP) is 2.30. The van der Waals surface area contributed by atoms with Gasteiger partial charge in [0.15, 0.2) is 5.96 Å². The molecule has 0 heterocycles. The van der Waals surface area contributed by atoms with Crippen molar-refractivity contribution in [1.82, 2.24) is 15.5 Å². The number of halogens is 1. The number of aryl methyl sites for hydroxylation is 1. The lowest BCUT2D eigenvalue weighted by molar-refractivity contribution is 0.163. The van der Waals surface area contributed by atoms with Crippen LogP contribution in [-0.4, -0.2) is 71.5 Å². The molecule has 0 aromatic heterocycles. The SMILES string of the molecule is CCNC(=NCCN(C)CCOC)NCCc1cc(C)ccc1OC.I. The van der Waals surface area contributed by atoms with Crippen LogP contribution in [0.25, 0.3) is 0 Å². The summed E-state index contributed by atoms with van der Waals surface area (Å²) in [5.74, 6) is 1.79. The summed E-state index contributed by atoms with van der Waals surface area (Å²) in [6, 6.07) is 6.27. The molecule has 26 heavy (non-hydrogen) atoms. The summed E-state index contributed by atoms with van der Waals surface area (Å²) in [7, 11) is 5.52. The Hall–Kier alpha value is -1.06. The van der Waals surface area contributed by atoms with E-state index >= 15 is 0 Å². The number of ether oxygens (including phenoxy) is 2. The van der Waals surface area contributed by atoms with Gasteiger partial charge in [-0.25, -0.2) is 0 Å². The highest BCUT2D eigenvalue weighted by molar-refractivity contribution is 14.0. The number of benzene rings is 1. The number of guanidine groups is 1. The standard InChI is InChI=1S/C19H34N4O2.HI/c1-6-20-19(22-11-12-23(3)13-14-24-4)21-10-9-17-15-16(2)7-8-18(17)25-5;/h7-8,15H,6,9-14H2,1-5H3,(H2,20,21,22);1H. The Bertz CT molecular complexity index is 526. The molecule has 1 rings (SSSR count). The summed E-state index contributed by atoms with van der Waals surface area (Å²) < 4.78 is 10.5. The highest BCUT2D eigenvalue weighted by Crippen LogP contribution is 2.19. The molecule has 0 aliphatic rings. The van der Waals surface area contributed by atoms with Crippen LogP contribution in [0.1, 0.15) is 18.1 Å². The van der Waals surface area contributed by atoms with Gasteiger partial charge >= 0.3 is 0 Å². The zero-order valence-electron chi connectivity index (χ0n) is 16.8. The first-order chi connectivity index (χ1) is 12.1. The Balaban J connectivity index is 0.00000625. The second kappa shape index (κ2) is 15.0. The van der Waals surface area contributed by atoms with Gasteiger partial charge in [-0.3, -0.25) is 4.99 Å². The minimum Gasteiger partial charge on any atom is -0.496 e. The molecular weight excluding hydrogens is 443 g/mol. The first-order valence-corrected chi connectivity index (χ1v) is 8.93. The number of hydrogen-bond donors (Lipinski definition) is 2. The molecule has 0 aliphatic heterocycles. The largest absolute Gasteiger partial charge is 0.496 e. The van der Waals surface area contributed by atoms with E-state index in [1.165, 1.54) is 11.1 Å². The third-order valence-corrected chi connectivity index (χ3v) is 3.90. The van der Waals surface area contributed by atoms with Gasteiger partial charge in [-0.2, -0.15) is 0 Å². The first-order valence-electron chi connectivity index (χ1n) is 8.93. The molecule has 1 aromatic rings. The van der Waals surface area contributed by atoms with Gasteiger partial charge in [-0.05, 0) is 38.9 Å². The van der Waals surface area contributed by atoms with Crippen LogP contribution in [0.4, 0.5) is 0 Å². The fourth-order valence-electron chi connectivity index (χ4n) is 2.45. The van der Waals surface area contributed by atoms with Gasteiger partial charge in [0.05, 0.1) is 20.3 Å². The van der Waals surface area contributed by atoms with E-state index in [1.807, 2.05) is 6.07 Å². The molecule has 0 bridgehead atoms. The summed E-state index contributed by atoms with van der Waals surface area (Å²) in [6.07, 6.45) is 0.892. The average Bonchev–Trinajstić information content (AvgIpc) is 2.60. The van der Waals surface area contributed by atoms with Gasteiger partial charge in [-0.1, -0.05) is 17.7 Å². The van der Waals surface area contributed by atoms with E-state index in [-0.39, 0.29) is 24.0 Å². The van der Waals surface area contributed by atoms with Crippen LogP contribution in [0.3, 0.4) is 0 Å². The molecule has 0 unspecified atom stereocenters. The van der Waals surface area contributed by atoms with Crippen molar-refractivity contribution in [2.24, 2.45) is 4.99 Å². The molecule has 0 fully saturated rings. The van der Waals surface area contributed by atoms with E-state index < -0.39 is 0 Å². The fraction of sp³-hybridized carbons (Fsp3) is 0.632.